The van der Waals surface area contributed by atoms with Gasteiger partial charge in [0, 0.05) is 27.1 Å². The molecule has 0 fully saturated rings. The van der Waals surface area contributed by atoms with Gasteiger partial charge < -0.3 is 14.0 Å². The van der Waals surface area contributed by atoms with E-state index in [1.54, 1.807) is 6.92 Å². The lowest BCUT2D eigenvalue weighted by Gasteiger charge is -2.16. The highest BCUT2D eigenvalue weighted by atomic mass is 35.5. The van der Waals surface area contributed by atoms with Crippen LogP contribution in [0.25, 0.3) is 10.9 Å². The van der Waals surface area contributed by atoms with E-state index < -0.39 is 14.0 Å². The van der Waals surface area contributed by atoms with Gasteiger partial charge in [-0.05, 0) is 19.0 Å². The van der Waals surface area contributed by atoms with Crippen molar-refractivity contribution in [3.63, 3.8) is 0 Å². The molecular weight excluding hydrogens is 362 g/mol. The number of esters is 1. The van der Waals surface area contributed by atoms with Crippen LogP contribution < -0.4 is 5.56 Å². The van der Waals surface area contributed by atoms with E-state index in [0.717, 1.165) is 10.7 Å². The standard InChI is InChI=1S/C16H24ClN3O4Si/c1-6-24-16(22)12-9-11-13(15(21)19(2)18-14(11)17)20(12)10-23-7-8-25(3,4)5/h9H,6-8,10H2,1-5H3. The second-order valence-corrected chi connectivity index (χ2v) is 13.0. The van der Waals surface area contributed by atoms with Gasteiger partial charge in [0.25, 0.3) is 5.56 Å². The number of ether oxygens (including phenoxy) is 2. The highest BCUT2D eigenvalue weighted by molar-refractivity contribution is 6.76. The Balaban J connectivity index is 2.44. The molecule has 0 aliphatic carbocycles. The van der Waals surface area contributed by atoms with E-state index in [2.05, 4.69) is 24.7 Å². The molecule has 0 saturated heterocycles. The SMILES string of the molecule is CCOC(=O)c1cc2c(Cl)nn(C)c(=O)c2n1COCC[Si](C)(C)C. The predicted octanol–water partition coefficient (Wildman–Crippen LogP) is 2.88. The summed E-state index contributed by atoms with van der Waals surface area (Å²) in [5.41, 5.74) is 0.180. The maximum atomic E-state index is 12.5. The first-order chi connectivity index (χ1) is 11.7. The molecule has 7 nitrogen and oxygen atoms in total. The van der Waals surface area contributed by atoms with Crippen LogP contribution in [0, 0.1) is 0 Å². The number of carbonyl (C=O) groups is 1. The Hall–Kier alpha value is -1.64. The molecule has 0 N–H and O–H groups in total. The second-order valence-electron chi connectivity index (χ2n) is 7.01. The summed E-state index contributed by atoms with van der Waals surface area (Å²) in [5.74, 6) is -0.523. The molecule has 0 unspecified atom stereocenters. The normalized spacial score (nSPS) is 11.9. The summed E-state index contributed by atoms with van der Waals surface area (Å²) in [5, 5.41) is 4.53. The Labute approximate surface area is 152 Å². The third kappa shape index (κ3) is 4.50. The van der Waals surface area contributed by atoms with Crippen molar-refractivity contribution in [2.45, 2.75) is 39.3 Å². The van der Waals surface area contributed by atoms with Crippen LogP contribution in [0.1, 0.15) is 17.4 Å². The molecule has 0 amide bonds. The van der Waals surface area contributed by atoms with Crippen molar-refractivity contribution in [2.75, 3.05) is 13.2 Å². The minimum absolute atomic E-state index is 0.0811. The zero-order valence-corrected chi connectivity index (χ0v) is 17.0. The molecule has 2 aromatic rings. The van der Waals surface area contributed by atoms with Gasteiger partial charge in [-0.3, -0.25) is 4.79 Å². The smallest absolute Gasteiger partial charge is 0.355 e. The Kier molecular flexibility index (Phi) is 6.07. The van der Waals surface area contributed by atoms with E-state index in [4.69, 9.17) is 21.1 Å². The van der Waals surface area contributed by atoms with Crippen LogP contribution in [-0.4, -0.2) is 41.6 Å². The summed E-state index contributed by atoms with van der Waals surface area (Å²) in [6, 6.07) is 2.52. The Morgan fingerprint density at radius 3 is 2.64 bits per heavy atom. The fraction of sp³-hybridized carbons (Fsp3) is 0.562. The molecule has 0 saturated carbocycles. The molecule has 9 heteroatoms. The molecule has 0 radical (unpaired) electrons. The van der Waals surface area contributed by atoms with Crippen LogP contribution in [0.3, 0.4) is 0 Å². The number of hydrogen-bond donors (Lipinski definition) is 0. The predicted molar refractivity (Wildman–Crippen MR) is 100 cm³/mol. The van der Waals surface area contributed by atoms with E-state index in [1.165, 1.54) is 17.7 Å². The topological polar surface area (TPSA) is 75.4 Å². The molecule has 0 aliphatic rings. The van der Waals surface area contributed by atoms with Gasteiger partial charge >= 0.3 is 5.97 Å². The lowest BCUT2D eigenvalue weighted by atomic mass is 10.3. The third-order valence-electron chi connectivity index (χ3n) is 3.75. The first-order valence-electron chi connectivity index (χ1n) is 8.16. The zero-order chi connectivity index (χ0) is 18.8. The molecule has 25 heavy (non-hydrogen) atoms. The molecular formula is C16H24ClN3O4Si. The average Bonchev–Trinajstić information content (AvgIpc) is 2.89. The number of carbonyl (C=O) groups excluding carboxylic acids is 1. The molecule has 0 aliphatic heterocycles. The largest absolute Gasteiger partial charge is 0.461 e. The Bertz CT molecular complexity index is 838. The summed E-state index contributed by atoms with van der Waals surface area (Å²) in [7, 11) is 0.282. The van der Waals surface area contributed by atoms with Crippen LogP contribution in [0.4, 0.5) is 0 Å². The number of aryl methyl sites for hydroxylation is 1. The maximum absolute atomic E-state index is 12.5. The van der Waals surface area contributed by atoms with Gasteiger partial charge in [-0.1, -0.05) is 31.2 Å². The van der Waals surface area contributed by atoms with Crippen molar-refractivity contribution in [1.82, 2.24) is 14.3 Å². The number of nitrogens with zero attached hydrogens (tertiary/aromatic N) is 3. The van der Waals surface area contributed by atoms with Crippen molar-refractivity contribution in [1.29, 1.82) is 0 Å². The highest BCUT2D eigenvalue weighted by Gasteiger charge is 2.22. The van der Waals surface area contributed by atoms with Gasteiger partial charge in [0.2, 0.25) is 0 Å². The quantitative estimate of drug-likeness (QED) is 0.416. The van der Waals surface area contributed by atoms with Crippen LogP contribution in [0.2, 0.25) is 30.8 Å². The van der Waals surface area contributed by atoms with E-state index in [1.807, 2.05) is 0 Å². The zero-order valence-electron chi connectivity index (χ0n) is 15.3. The summed E-state index contributed by atoms with van der Waals surface area (Å²) < 4.78 is 13.5. The Morgan fingerprint density at radius 2 is 2.04 bits per heavy atom. The lowest BCUT2D eigenvalue weighted by Crippen LogP contribution is -2.25. The minimum atomic E-state index is -1.23. The number of fused-ring (bicyclic) bond motifs is 1. The molecule has 138 valence electrons. The van der Waals surface area contributed by atoms with Crippen molar-refractivity contribution in [3.05, 3.63) is 27.3 Å². The van der Waals surface area contributed by atoms with Gasteiger partial charge in [-0.25, -0.2) is 9.48 Å². The molecule has 0 aromatic carbocycles. The summed E-state index contributed by atoms with van der Waals surface area (Å²) >= 11 is 6.15. The van der Waals surface area contributed by atoms with E-state index in [9.17, 15) is 9.59 Å². The van der Waals surface area contributed by atoms with Crippen molar-refractivity contribution >= 4 is 36.5 Å². The van der Waals surface area contributed by atoms with Gasteiger partial charge in [0.05, 0.1) is 6.61 Å². The van der Waals surface area contributed by atoms with E-state index >= 15 is 0 Å². The van der Waals surface area contributed by atoms with Gasteiger partial charge in [-0.15, -0.1) is 0 Å². The van der Waals surface area contributed by atoms with Crippen molar-refractivity contribution in [3.8, 4) is 0 Å². The minimum Gasteiger partial charge on any atom is -0.461 e. The fourth-order valence-electron chi connectivity index (χ4n) is 2.36. The summed E-state index contributed by atoms with van der Waals surface area (Å²) in [4.78, 5) is 24.8. The second kappa shape index (κ2) is 7.71. The van der Waals surface area contributed by atoms with Crippen LogP contribution in [0.5, 0.6) is 0 Å². The van der Waals surface area contributed by atoms with E-state index in [-0.39, 0.29) is 29.7 Å². The maximum Gasteiger partial charge on any atom is 0.355 e. The molecule has 2 aromatic heterocycles. The number of aromatic nitrogens is 3. The molecule has 2 heterocycles. The Morgan fingerprint density at radius 1 is 1.36 bits per heavy atom. The molecule has 0 spiro atoms. The molecule has 0 bridgehead atoms. The van der Waals surface area contributed by atoms with Crippen LogP contribution >= 0.6 is 11.6 Å². The van der Waals surface area contributed by atoms with Gasteiger partial charge in [0.1, 0.15) is 17.9 Å². The molecule has 0 atom stereocenters. The van der Waals surface area contributed by atoms with Gasteiger partial charge in [0.15, 0.2) is 5.15 Å². The highest BCUT2D eigenvalue weighted by Crippen LogP contribution is 2.23. The molecule has 2 rings (SSSR count). The number of halogens is 1. The van der Waals surface area contributed by atoms with E-state index in [0.29, 0.717) is 17.5 Å². The first kappa shape index (κ1) is 19.7. The monoisotopic (exact) mass is 385 g/mol. The first-order valence-corrected chi connectivity index (χ1v) is 12.2. The third-order valence-corrected chi connectivity index (χ3v) is 5.74. The summed E-state index contributed by atoms with van der Waals surface area (Å²) in [6.07, 6.45) is 0. The van der Waals surface area contributed by atoms with Crippen LogP contribution in [-0.2, 0) is 23.3 Å². The van der Waals surface area contributed by atoms with Crippen molar-refractivity contribution < 1.29 is 14.3 Å². The number of hydrogen-bond acceptors (Lipinski definition) is 5. The average molecular weight is 386 g/mol. The fourth-order valence-corrected chi connectivity index (χ4v) is 3.38. The van der Waals surface area contributed by atoms with Crippen LogP contribution in [0.15, 0.2) is 10.9 Å². The van der Waals surface area contributed by atoms with Crippen molar-refractivity contribution in [2.24, 2.45) is 7.05 Å². The lowest BCUT2D eigenvalue weighted by molar-refractivity contribution is 0.0477. The number of rotatable bonds is 7. The summed E-state index contributed by atoms with van der Waals surface area (Å²) in [6.45, 7) is 9.38. The van der Waals surface area contributed by atoms with Gasteiger partial charge in [-0.2, -0.15) is 5.10 Å².